The van der Waals surface area contributed by atoms with E-state index in [2.05, 4.69) is 5.32 Å². The maximum Gasteiger partial charge on any atom is 0.308 e. The molecule has 0 spiro atoms. The van der Waals surface area contributed by atoms with E-state index in [1.54, 1.807) is 0 Å². The van der Waals surface area contributed by atoms with Crippen LogP contribution in [-0.2, 0) is 14.3 Å². The number of nitrogens with one attached hydrogen (secondary N) is 1. The highest BCUT2D eigenvalue weighted by Gasteiger charge is 2.29. The summed E-state index contributed by atoms with van der Waals surface area (Å²) in [7, 11) is 0. The summed E-state index contributed by atoms with van der Waals surface area (Å²) < 4.78 is 5.02. The first-order valence-corrected chi connectivity index (χ1v) is 7.18. The van der Waals surface area contributed by atoms with Gasteiger partial charge >= 0.3 is 5.97 Å². The maximum absolute atomic E-state index is 11.9. The van der Waals surface area contributed by atoms with Crippen LogP contribution in [0.2, 0.25) is 0 Å². The second-order valence-corrected chi connectivity index (χ2v) is 5.46. The van der Waals surface area contributed by atoms with Gasteiger partial charge < -0.3 is 15.8 Å². The molecule has 0 heterocycles. The largest absolute Gasteiger partial charge is 0.466 e. The average molecular weight is 307 g/mol. The lowest BCUT2D eigenvalue weighted by Crippen LogP contribution is -2.45. The SMILES string of the molecule is CCOC(=O)C1CCC(NC(=O)C(C)C(C)N)CC1.Cl. The third-order valence-corrected chi connectivity index (χ3v) is 3.90. The van der Waals surface area contributed by atoms with Gasteiger partial charge in [0.25, 0.3) is 0 Å². The lowest BCUT2D eigenvalue weighted by molar-refractivity contribution is -0.149. The van der Waals surface area contributed by atoms with Crippen LogP contribution in [0.4, 0.5) is 0 Å². The Balaban J connectivity index is 0.00000361. The van der Waals surface area contributed by atoms with Crippen LogP contribution in [0, 0.1) is 11.8 Å². The zero-order valence-corrected chi connectivity index (χ0v) is 13.4. The number of nitrogens with two attached hydrogens (primary N) is 1. The van der Waals surface area contributed by atoms with Crippen LogP contribution < -0.4 is 11.1 Å². The van der Waals surface area contributed by atoms with Crippen molar-refractivity contribution in [2.45, 2.75) is 58.5 Å². The molecule has 2 unspecified atom stereocenters. The fourth-order valence-electron chi connectivity index (χ4n) is 2.30. The second kappa shape index (κ2) is 9.19. The Bertz CT molecular complexity index is 316. The molecule has 3 N–H and O–H groups in total. The molecule has 1 saturated carbocycles. The number of hydrogen-bond donors (Lipinski definition) is 2. The monoisotopic (exact) mass is 306 g/mol. The van der Waals surface area contributed by atoms with Gasteiger partial charge in [0.1, 0.15) is 0 Å². The summed E-state index contributed by atoms with van der Waals surface area (Å²) in [6, 6.07) is 0.0234. The molecule has 0 aromatic rings. The molecule has 1 rings (SSSR count). The van der Waals surface area contributed by atoms with Crippen molar-refractivity contribution in [3.63, 3.8) is 0 Å². The van der Waals surface area contributed by atoms with Gasteiger partial charge in [0.15, 0.2) is 0 Å². The third-order valence-electron chi connectivity index (χ3n) is 3.90. The summed E-state index contributed by atoms with van der Waals surface area (Å²) in [5, 5.41) is 3.02. The standard InChI is InChI=1S/C14H26N2O3.ClH/c1-4-19-14(18)11-5-7-12(8-6-11)16-13(17)9(2)10(3)15;/h9-12H,4-8,15H2,1-3H3,(H,16,17);1H. The first-order chi connectivity index (χ1) is 8.95. The van der Waals surface area contributed by atoms with Gasteiger partial charge in [-0.05, 0) is 39.5 Å². The highest BCUT2D eigenvalue weighted by atomic mass is 35.5. The summed E-state index contributed by atoms with van der Waals surface area (Å²) in [5.74, 6) is -0.271. The van der Waals surface area contributed by atoms with Gasteiger partial charge in [-0.3, -0.25) is 9.59 Å². The van der Waals surface area contributed by atoms with Crippen LogP contribution in [0.15, 0.2) is 0 Å². The number of halogens is 1. The molecule has 2 atom stereocenters. The smallest absolute Gasteiger partial charge is 0.308 e. The molecule has 5 nitrogen and oxygen atoms in total. The topological polar surface area (TPSA) is 81.4 Å². The predicted octanol–water partition coefficient (Wildman–Crippen LogP) is 1.63. The van der Waals surface area contributed by atoms with Crippen LogP contribution in [0.1, 0.15) is 46.5 Å². The first-order valence-electron chi connectivity index (χ1n) is 7.18. The lowest BCUT2D eigenvalue weighted by Gasteiger charge is -2.29. The van der Waals surface area contributed by atoms with Crippen molar-refractivity contribution >= 4 is 24.3 Å². The lowest BCUT2D eigenvalue weighted by atomic mass is 9.85. The van der Waals surface area contributed by atoms with E-state index in [4.69, 9.17) is 10.5 Å². The molecule has 0 bridgehead atoms. The van der Waals surface area contributed by atoms with Gasteiger partial charge in [-0.1, -0.05) is 6.92 Å². The Morgan fingerprint density at radius 2 is 1.80 bits per heavy atom. The van der Waals surface area contributed by atoms with Crippen molar-refractivity contribution in [3.8, 4) is 0 Å². The molecule has 1 aliphatic carbocycles. The number of rotatable bonds is 5. The number of esters is 1. The molecular weight excluding hydrogens is 280 g/mol. The summed E-state index contributed by atoms with van der Waals surface area (Å²) in [4.78, 5) is 23.5. The van der Waals surface area contributed by atoms with Gasteiger partial charge in [-0.15, -0.1) is 12.4 Å². The van der Waals surface area contributed by atoms with E-state index in [0.717, 1.165) is 25.7 Å². The molecular formula is C14H27ClN2O3. The van der Waals surface area contributed by atoms with E-state index in [9.17, 15) is 9.59 Å². The zero-order valence-electron chi connectivity index (χ0n) is 12.6. The summed E-state index contributed by atoms with van der Waals surface area (Å²) in [6.45, 7) is 5.92. The third kappa shape index (κ3) is 5.67. The van der Waals surface area contributed by atoms with Crippen molar-refractivity contribution in [1.29, 1.82) is 0 Å². The highest BCUT2D eigenvalue weighted by molar-refractivity contribution is 5.85. The van der Waals surface area contributed by atoms with Crippen LogP contribution in [0.5, 0.6) is 0 Å². The molecule has 0 aromatic carbocycles. The van der Waals surface area contributed by atoms with E-state index in [0.29, 0.717) is 6.61 Å². The van der Waals surface area contributed by atoms with Crippen LogP contribution in [0.25, 0.3) is 0 Å². The summed E-state index contributed by atoms with van der Waals surface area (Å²) >= 11 is 0. The predicted molar refractivity (Wildman–Crippen MR) is 80.6 cm³/mol. The minimum absolute atomic E-state index is 0. The number of ether oxygens (including phenoxy) is 1. The Kier molecular flexibility index (Phi) is 8.81. The molecule has 0 saturated heterocycles. The molecule has 1 aliphatic rings. The van der Waals surface area contributed by atoms with Gasteiger partial charge in [-0.25, -0.2) is 0 Å². The molecule has 0 radical (unpaired) electrons. The van der Waals surface area contributed by atoms with E-state index in [-0.39, 0.29) is 48.2 Å². The molecule has 0 aromatic heterocycles. The number of hydrogen-bond acceptors (Lipinski definition) is 4. The molecule has 20 heavy (non-hydrogen) atoms. The molecule has 118 valence electrons. The van der Waals surface area contributed by atoms with Gasteiger partial charge in [0, 0.05) is 18.0 Å². The van der Waals surface area contributed by atoms with Gasteiger partial charge in [-0.2, -0.15) is 0 Å². The zero-order chi connectivity index (χ0) is 14.4. The Labute approximate surface area is 127 Å². The summed E-state index contributed by atoms with van der Waals surface area (Å²) in [6.07, 6.45) is 3.24. The maximum atomic E-state index is 11.9. The minimum Gasteiger partial charge on any atom is -0.466 e. The number of carbonyl (C=O) groups is 2. The minimum atomic E-state index is -0.178. The van der Waals surface area contributed by atoms with Crippen molar-refractivity contribution in [2.75, 3.05) is 6.61 Å². The Morgan fingerprint density at radius 1 is 1.25 bits per heavy atom. The van der Waals surface area contributed by atoms with Crippen molar-refractivity contribution in [2.24, 2.45) is 17.6 Å². The number of amides is 1. The van der Waals surface area contributed by atoms with Crippen molar-refractivity contribution in [3.05, 3.63) is 0 Å². The van der Waals surface area contributed by atoms with Crippen LogP contribution in [-0.4, -0.2) is 30.6 Å². The average Bonchev–Trinajstić information content (AvgIpc) is 2.38. The molecule has 0 aliphatic heterocycles. The van der Waals surface area contributed by atoms with E-state index in [1.165, 1.54) is 0 Å². The summed E-state index contributed by atoms with van der Waals surface area (Å²) in [5.41, 5.74) is 5.72. The van der Waals surface area contributed by atoms with E-state index < -0.39 is 0 Å². The molecule has 6 heteroatoms. The molecule has 1 fully saturated rings. The van der Waals surface area contributed by atoms with Crippen LogP contribution in [0.3, 0.4) is 0 Å². The number of carbonyl (C=O) groups excluding carboxylic acids is 2. The normalized spacial score (nSPS) is 25.0. The molecule has 1 amide bonds. The second-order valence-electron chi connectivity index (χ2n) is 5.46. The quantitative estimate of drug-likeness (QED) is 0.756. The Morgan fingerprint density at radius 3 is 2.25 bits per heavy atom. The van der Waals surface area contributed by atoms with E-state index >= 15 is 0 Å². The van der Waals surface area contributed by atoms with E-state index in [1.807, 2.05) is 20.8 Å². The fourth-order valence-corrected chi connectivity index (χ4v) is 2.30. The van der Waals surface area contributed by atoms with Gasteiger partial charge in [0.2, 0.25) is 5.91 Å². The van der Waals surface area contributed by atoms with Crippen molar-refractivity contribution < 1.29 is 14.3 Å². The van der Waals surface area contributed by atoms with Gasteiger partial charge in [0.05, 0.1) is 12.5 Å². The fraction of sp³-hybridized carbons (Fsp3) is 0.857. The highest BCUT2D eigenvalue weighted by Crippen LogP contribution is 2.25. The first kappa shape index (κ1) is 19.2. The van der Waals surface area contributed by atoms with Crippen molar-refractivity contribution in [1.82, 2.24) is 5.32 Å². The van der Waals surface area contributed by atoms with Crippen LogP contribution >= 0.6 is 12.4 Å². The Hall–Kier alpha value is -0.810.